The first-order valence-electron chi connectivity index (χ1n) is 4.11. The van der Waals surface area contributed by atoms with Crippen molar-refractivity contribution in [1.82, 2.24) is 20.3 Å². The molecule has 76 valence electrons. The molecule has 0 aliphatic heterocycles. The highest BCUT2D eigenvalue weighted by Gasteiger charge is 1.99. The van der Waals surface area contributed by atoms with Crippen LogP contribution in [0.2, 0.25) is 0 Å². The van der Waals surface area contributed by atoms with Gasteiger partial charge in [-0.3, -0.25) is 4.79 Å². The first-order chi connectivity index (χ1) is 6.72. The summed E-state index contributed by atoms with van der Waals surface area (Å²) >= 11 is 0. The van der Waals surface area contributed by atoms with Gasteiger partial charge in [0.25, 0.3) is 0 Å². The zero-order valence-electron chi connectivity index (χ0n) is 7.82. The predicted molar refractivity (Wildman–Crippen MR) is 51.4 cm³/mol. The Bertz CT molecular complexity index is 315. The molecule has 0 aromatic carbocycles. The topological polar surface area (TPSA) is 106 Å². The van der Waals surface area contributed by atoms with Crippen LogP contribution in [0.15, 0.2) is 6.33 Å². The van der Waals surface area contributed by atoms with E-state index in [4.69, 9.17) is 5.73 Å². The van der Waals surface area contributed by atoms with Gasteiger partial charge in [0, 0.05) is 20.0 Å². The smallest absolute Gasteiger partial charge is 0.227 e. The van der Waals surface area contributed by atoms with Crippen LogP contribution in [0.1, 0.15) is 6.42 Å². The van der Waals surface area contributed by atoms with Crippen LogP contribution in [0.4, 0.5) is 11.9 Å². The highest BCUT2D eigenvalue weighted by Crippen LogP contribution is 1.97. The highest BCUT2D eigenvalue weighted by molar-refractivity contribution is 5.75. The van der Waals surface area contributed by atoms with Gasteiger partial charge in [0.2, 0.25) is 17.8 Å². The predicted octanol–water partition coefficient (Wildman–Crippen LogP) is -0.998. The minimum atomic E-state index is -0.0421. The van der Waals surface area contributed by atoms with E-state index in [0.29, 0.717) is 18.9 Å². The summed E-state index contributed by atoms with van der Waals surface area (Å²) in [7, 11) is 1.59. The van der Waals surface area contributed by atoms with Crippen LogP contribution in [0, 0.1) is 0 Å². The maximum Gasteiger partial charge on any atom is 0.227 e. The third kappa shape index (κ3) is 3.21. The zero-order chi connectivity index (χ0) is 10.4. The number of nitrogen functional groups attached to an aromatic ring is 1. The Balaban J connectivity index is 2.35. The monoisotopic (exact) mass is 196 g/mol. The molecule has 1 heterocycles. The van der Waals surface area contributed by atoms with Gasteiger partial charge in [-0.05, 0) is 0 Å². The van der Waals surface area contributed by atoms with Crippen LogP contribution in [-0.4, -0.2) is 34.5 Å². The Kier molecular flexibility index (Phi) is 3.59. The van der Waals surface area contributed by atoms with Gasteiger partial charge >= 0.3 is 0 Å². The number of hydrogen-bond donors (Lipinski definition) is 3. The molecule has 0 atom stereocenters. The van der Waals surface area contributed by atoms with Gasteiger partial charge in [0.15, 0.2) is 0 Å². The maximum absolute atomic E-state index is 10.8. The van der Waals surface area contributed by atoms with Crippen LogP contribution in [0.5, 0.6) is 0 Å². The molecule has 7 heteroatoms. The third-order valence-corrected chi connectivity index (χ3v) is 1.50. The molecule has 0 unspecified atom stereocenters. The van der Waals surface area contributed by atoms with Crippen LogP contribution in [-0.2, 0) is 4.79 Å². The molecule has 1 rings (SSSR count). The van der Waals surface area contributed by atoms with E-state index in [1.54, 1.807) is 7.05 Å². The molecule has 0 aliphatic carbocycles. The second-order valence-corrected chi connectivity index (χ2v) is 2.52. The van der Waals surface area contributed by atoms with E-state index < -0.39 is 0 Å². The number of anilines is 2. The van der Waals surface area contributed by atoms with E-state index in [9.17, 15) is 4.79 Å². The molecule has 0 radical (unpaired) electrons. The molecule has 0 bridgehead atoms. The molecular weight excluding hydrogens is 184 g/mol. The molecule has 1 amide bonds. The lowest BCUT2D eigenvalue weighted by molar-refractivity contribution is -0.120. The minimum absolute atomic E-state index is 0.0421. The summed E-state index contributed by atoms with van der Waals surface area (Å²) in [5.41, 5.74) is 5.33. The van der Waals surface area contributed by atoms with Crippen molar-refractivity contribution < 1.29 is 4.79 Å². The molecule has 1 aromatic heterocycles. The summed E-state index contributed by atoms with van der Waals surface area (Å²) in [4.78, 5) is 22.1. The molecule has 0 fully saturated rings. The fraction of sp³-hybridized carbons (Fsp3) is 0.429. The van der Waals surface area contributed by atoms with Crippen molar-refractivity contribution in [1.29, 1.82) is 0 Å². The Hall–Kier alpha value is -1.92. The van der Waals surface area contributed by atoms with E-state index in [1.165, 1.54) is 6.33 Å². The van der Waals surface area contributed by atoms with Crippen molar-refractivity contribution in [3.8, 4) is 0 Å². The normalized spacial score (nSPS) is 9.50. The Morgan fingerprint density at radius 3 is 3.00 bits per heavy atom. The summed E-state index contributed by atoms with van der Waals surface area (Å²) in [5.74, 6) is 0.489. The number of carbonyl (C=O) groups excluding carboxylic acids is 1. The standard InChI is InChI=1S/C7H12N6O/c1-9-5(14)2-3-10-7-12-4-11-6(8)13-7/h4H,2-3H2,1H3,(H,9,14)(H3,8,10,11,12,13). The van der Waals surface area contributed by atoms with Gasteiger partial charge in [0.05, 0.1) is 0 Å². The van der Waals surface area contributed by atoms with E-state index >= 15 is 0 Å². The molecule has 0 aliphatic rings. The molecule has 0 saturated carbocycles. The van der Waals surface area contributed by atoms with Crippen LogP contribution in [0.25, 0.3) is 0 Å². The Morgan fingerprint density at radius 2 is 2.36 bits per heavy atom. The number of nitrogens with zero attached hydrogens (tertiary/aromatic N) is 3. The maximum atomic E-state index is 10.8. The van der Waals surface area contributed by atoms with Gasteiger partial charge in [-0.15, -0.1) is 0 Å². The molecule has 1 aromatic rings. The average molecular weight is 196 g/mol. The molecule has 0 saturated heterocycles. The third-order valence-electron chi connectivity index (χ3n) is 1.50. The lowest BCUT2D eigenvalue weighted by Crippen LogP contribution is -2.21. The summed E-state index contributed by atoms with van der Waals surface area (Å²) in [6.45, 7) is 0.461. The van der Waals surface area contributed by atoms with Crippen LogP contribution in [0.3, 0.4) is 0 Å². The number of carbonyl (C=O) groups is 1. The molecular formula is C7H12N6O. The van der Waals surface area contributed by atoms with Gasteiger partial charge in [-0.25, -0.2) is 9.97 Å². The molecule has 14 heavy (non-hydrogen) atoms. The van der Waals surface area contributed by atoms with Gasteiger partial charge in [0.1, 0.15) is 6.33 Å². The summed E-state index contributed by atoms with van der Waals surface area (Å²) in [6.07, 6.45) is 1.67. The van der Waals surface area contributed by atoms with Crippen molar-refractivity contribution in [3.05, 3.63) is 6.33 Å². The molecule has 7 nitrogen and oxygen atoms in total. The quantitative estimate of drug-likeness (QED) is 0.570. The van der Waals surface area contributed by atoms with E-state index in [1.807, 2.05) is 0 Å². The van der Waals surface area contributed by atoms with Crippen molar-refractivity contribution in [2.24, 2.45) is 0 Å². The largest absolute Gasteiger partial charge is 0.368 e. The van der Waals surface area contributed by atoms with Gasteiger partial charge in [-0.2, -0.15) is 4.98 Å². The first kappa shape index (κ1) is 10.2. The number of hydrogen-bond acceptors (Lipinski definition) is 6. The number of nitrogens with one attached hydrogen (secondary N) is 2. The number of aromatic nitrogens is 3. The zero-order valence-corrected chi connectivity index (χ0v) is 7.82. The number of rotatable bonds is 4. The second kappa shape index (κ2) is 4.95. The summed E-state index contributed by atoms with van der Waals surface area (Å²) in [6, 6.07) is 0. The van der Waals surface area contributed by atoms with Gasteiger partial charge < -0.3 is 16.4 Å². The lowest BCUT2D eigenvalue weighted by atomic mass is 10.4. The van der Waals surface area contributed by atoms with Crippen LogP contribution >= 0.6 is 0 Å². The van der Waals surface area contributed by atoms with Crippen LogP contribution < -0.4 is 16.4 Å². The Labute approximate surface area is 81.2 Å². The van der Waals surface area contributed by atoms with Crippen molar-refractivity contribution >= 4 is 17.8 Å². The van der Waals surface area contributed by atoms with Crippen molar-refractivity contribution in [3.63, 3.8) is 0 Å². The van der Waals surface area contributed by atoms with Gasteiger partial charge in [-0.1, -0.05) is 0 Å². The van der Waals surface area contributed by atoms with E-state index in [-0.39, 0.29) is 11.9 Å². The lowest BCUT2D eigenvalue weighted by Gasteiger charge is -2.03. The fourth-order valence-electron chi connectivity index (χ4n) is 0.807. The Morgan fingerprint density at radius 1 is 1.57 bits per heavy atom. The average Bonchev–Trinajstić information content (AvgIpc) is 2.17. The SMILES string of the molecule is CNC(=O)CCNc1ncnc(N)n1. The molecule has 4 N–H and O–H groups in total. The highest BCUT2D eigenvalue weighted by atomic mass is 16.1. The number of amides is 1. The fourth-order valence-corrected chi connectivity index (χ4v) is 0.807. The second-order valence-electron chi connectivity index (χ2n) is 2.52. The minimum Gasteiger partial charge on any atom is -0.368 e. The van der Waals surface area contributed by atoms with E-state index in [2.05, 4.69) is 25.6 Å². The van der Waals surface area contributed by atoms with Crippen molar-refractivity contribution in [2.45, 2.75) is 6.42 Å². The molecule has 0 spiro atoms. The summed E-state index contributed by atoms with van der Waals surface area (Å²) < 4.78 is 0. The summed E-state index contributed by atoms with van der Waals surface area (Å²) in [5, 5.41) is 5.35. The first-order valence-corrected chi connectivity index (χ1v) is 4.11. The van der Waals surface area contributed by atoms with E-state index in [0.717, 1.165) is 0 Å². The number of nitrogens with two attached hydrogens (primary N) is 1. The van der Waals surface area contributed by atoms with Crippen molar-refractivity contribution in [2.75, 3.05) is 24.6 Å².